The first-order valence-corrected chi connectivity index (χ1v) is 10.0. The lowest BCUT2D eigenvalue weighted by Crippen LogP contribution is -2.41. The van der Waals surface area contributed by atoms with Gasteiger partial charge in [0.05, 0.1) is 23.1 Å². The largest absolute Gasteiger partial charge is 0.379 e. The van der Waals surface area contributed by atoms with E-state index in [9.17, 15) is 13.2 Å². The topological polar surface area (TPSA) is 75.7 Å². The fourth-order valence-corrected chi connectivity index (χ4v) is 3.16. The van der Waals surface area contributed by atoms with E-state index in [2.05, 4.69) is 5.32 Å². The van der Waals surface area contributed by atoms with Crippen molar-refractivity contribution in [1.82, 2.24) is 5.32 Å². The van der Waals surface area contributed by atoms with Crippen molar-refractivity contribution in [2.75, 3.05) is 30.3 Å². The molecule has 0 aliphatic carbocycles. The quantitative estimate of drug-likeness (QED) is 0.650. The number of rotatable bonds is 9. The highest BCUT2D eigenvalue weighted by molar-refractivity contribution is 7.92. The van der Waals surface area contributed by atoms with Gasteiger partial charge in [0.1, 0.15) is 6.54 Å². The molecular weight excluding hydrogens is 375 g/mol. The molecule has 1 amide bonds. The number of anilines is 1. The van der Waals surface area contributed by atoms with Crippen LogP contribution in [-0.2, 0) is 19.6 Å². The van der Waals surface area contributed by atoms with E-state index in [1.54, 1.807) is 6.07 Å². The molecule has 1 aromatic rings. The highest BCUT2D eigenvalue weighted by atomic mass is 35.5. The van der Waals surface area contributed by atoms with Gasteiger partial charge in [0.25, 0.3) is 0 Å². The zero-order valence-corrected chi connectivity index (χ0v) is 16.2. The van der Waals surface area contributed by atoms with Crippen LogP contribution in [0.25, 0.3) is 0 Å². The molecule has 0 aliphatic heterocycles. The third-order valence-electron chi connectivity index (χ3n) is 2.96. The van der Waals surface area contributed by atoms with Crippen LogP contribution in [0.3, 0.4) is 0 Å². The standard InChI is InChI=1S/C15H22Cl2N2O4S/c1-11(2)23-8-4-7-18-15(20)10-19(24(3,21)22)14-9-12(16)5-6-13(14)17/h5-6,9,11H,4,7-8,10H2,1-3H3,(H,18,20). The smallest absolute Gasteiger partial charge is 0.240 e. The van der Waals surface area contributed by atoms with E-state index in [-0.39, 0.29) is 23.4 Å². The molecule has 0 unspecified atom stereocenters. The summed E-state index contributed by atoms with van der Waals surface area (Å²) in [5.41, 5.74) is 0.171. The van der Waals surface area contributed by atoms with Gasteiger partial charge in [-0.05, 0) is 38.5 Å². The van der Waals surface area contributed by atoms with Crippen LogP contribution in [0.1, 0.15) is 20.3 Å². The second-order valence-corrected chi connectivity index (χ2v) is 8.24. The first-order valence-electron chi connectivity index (χ1n) is 7.42. The molecule has 136 valence electrons. The van der Waals surface area contributed by atoms with Crippen LogP contribution < -0.4 is 9.62 Å². The lowest BCUT2D eigenvalue weighted by atomic mass is 10.3. The number of sulfonamides is 1. The second kappa shape index (κ2) is 9.46. The molecule has 1 aromatic carbocycles. The van der Waals surface area contributed by atoms with Crippen molar-refractivity contribution in [2.45, 2.75) is 26.4 Å². The summed E-state index contributed by atoms with van der Waals surface area (Å²) in [6.07, 6.45) is 1.78. The summed E-state index contributed by atoms with van der Waals surface area (Å²) in [5.74, 6) is -0.430. The number of nitrogens with one attached hydrogen (secondary N) is 1. The minimum atomic E-state index is -3.69. The van der Waals surface area contributed by atoms with Crippen LogP contribution in [0, 0.1) is 0 Å². The van der Waals surface area contributed by atoms with Gasteiger partial charge < -0.3 is 10.1 Å². The molecule has 0 saturated carbocycles. The first-order chi connectivity index (χ1) is 11.1. The minimum absolute atomic E-state index is 0.131. The van der Waals surface area contributed by atoms with Crippen molar-refractivity contribution in [1.29, 1.82) is 0 Å². The summed E-state index contributed by atoms with van der Waals surface area (Å²) in [6.45, 7) is 4.40. The Bertz CT molecular complexity index is 665. The Morgan fingerprint density at radius 3 is 2.58 bits per heavy atom. The summed E-state index contributed by atoms with van der Waals surface area (Å²) in [4.78, 5) is 12.0. The first kappa shape index (κ1) is 21.0. The molecule has 9 heteroatoms. The van der Waals surface area contributed by atoms with E-state index in [0.29, 0.717) is 24.6 Å². The van der Waals surface area contributed by atoms with Crippen LogP contribution in [0.4, 0.5) is 5.69 Å². The zero-order chi connectivity index (χ0) is 18.3. The van der Waals surface area contributed by atoms with Crippen molar-refractivity contribution in [3.05, 3.63) is 28.2 Å². The molecule has 0 atom stereocenters. The van der Waals surface area contributed by atoms with Gasteiger partial charge in [-0.1, -0.05) is 23.2 Å². The molecular formula is C15H22Cl2N2O4S. The highest BCUT2D eigenvalue weighted by Gasteiger charge is 2.23. The Balaban J connectivity index is 2.71. The van der Waals surface area contributed by atoms with Crippen LogP contribution in [0.15, 0.2) is 18.2 Å². The van der Waals surface area contributed by atoms with E-state index in [4.69, 9.17) is 27.9 Å². The molecule has 0 aromatic heterocycles. The molecule has 0 aliphatic rings. The van der Waals surface area contributed by atoms with Crippen LogP contribution >= 0.6 is 23.2 Å². The number of halogens is 2. The number of carbonyl (C=O) groups is 1. The molecule has 0 radical (unpaired) electrons. The monoisotopic (exact) mass is 396 g/mol. The SMILES string of the molecule is CC(C)OCCCNC(=O)CN(c1cc(Cl)ccc1Cl)S(C)(=O)=O. The summed E-state index contributed by atoms with van der Waals surface area (Å²) >= 11 is 11.9. The van der Waals surface area contributed by atoms with E-state index >= 15 is 0 Å². The van der Waals surface area contributed by atoms with Gasteiger partial charge in [-0.2, -0.15) is 0 Å². The highest BCUT2D eigenvalue weighted by Crippen LogP contribution is 2.30. The van der Waals surface area contributed by atoms with E-state index in [0.717, 1.165) is 10.6 Å². The van der Waals surface area contributed by atoms with Gasteiger partial charge in [0.2, 0.25) is 15.9 Å². The van der Waals surface area contributed by atoms with Crippen LogP contribution in [-0.4, -0.2) is 46.4 Å². The maximum atomic E-state index is 12.0. The summed E-state index contributed by atoms with van der Waals surface area (Å²) in [7, 11) is -3.69. The maximum absolute atomic E-state index is 12.0. The molecule has 1 rings (SSSR count). The number of ether oxygens (including phenoxy) is 1. The lowest BCUT2D eigenvalue weighted by Gasteiger charge is -2.23. The summed E-state index contributed by atoms with van der Waals surface area (Å²) in [5, 5.41) is 3.19. The predicted octanol–water partition coefficient (Wildman–Crippen LogP) is 2.69. The van der Waals surface area contributed by atoms with Gasteiger partial charge >= 0.3 is 0 Å². The predicted molar refractivity (Wildman–Crippen MR) is 97.4 cm³/mol. The van der Waals surface area contributed by atoms with Crippen molar-refractivity contribution >= 4 is 44.8 Å². The van der Waals surface area contributed by atoms with Crippen LogP contribution in [0.5, 0.6) is 0 Å². The van der Waals surface area contributed by atoms with Gasteiger partial charge in [0.15, 0.2) is 0 Å². The molecule has 0 saturated heterocycles. The Morgan fingerprint density at radius 2 is 2.00 bits per heavy atom. The second-order valence-electron chi connectivity index (χ2n) is 5.49. The van der Waals surface area contributed by atoms with Crippen molar-refractivity contribution in [3.8, 4) is 0 Å². The number of amides is 1. The van der Waals surface area contributed by atoms with Crippen molar-refractivity contribution in [3.63, 3.8) is 0 Å². The molecule has 24 heavy (non-hydrogen) atoms. The molecule has 0 heterocycles. The number of hydrogen-bond acceptors (Lipinski definition) is 4. The van der Waals surface area contributed by atoms with Crippen LogP contribution in [0.2, 0.25) is 10.0 Å². The lowest BCUT2D eigenvalue weighted by molar-refractivity contribution is -0.119. The summed E-state index contributed by atoms with van der Waals surface area (Å²) < 4.78 is 30.3. The Kier molecular flexibility index (Phi) is 8.29. The fourth-order valence-electron chi connectivity index (χ4n) is 1.86. The van der Waals surface area contributed by atoms with E-state index in [1.807, 2.05) is 13.8 Å². The van der Waals surface area contributed by atoms with Gasteiger partial charge in [0, 0.05) is 18.2 Å². The molecule has 0 spiro atoms. The Morgan fingerprint density at radius 1 is 1.33 bits per heavy atom. The van der Waals surface area contributed by atoms with Gasteiger partial charge in [-0.25, -0.2) is 8.42 Å². The maximum Gasteiger partial charge on any atom is 0.240 e. The van der Waals surface area contributed by atoms with E-state index < -0.39 is 15.9 Å². The number of benzene rings is 1. The Labute approximate surface area is 153 Å². The minimum Gasteiger partial charge on any atom is -0.379 e. The fraction of sp³-hybridized carbons (Fsp3) is 0.533. The third kappa shape index (κ3) is 7.25. The number of carbonyl (C=O) groups excluding carboxylic acids is 1. The third-order valence-corrected chi connectivity index (χ3v) is 4.64. The molecule has 1 N–H and O–H groups in total. The van der Waals surface area contributed by atoms with Crippen molar-refractivity contribution < 1.29 is 17.9 Å². The average molecular weight is 397 g/mol. The number of hydrogen-bond donors (Lipinski definition) is 1. The molecule has 0 fully saturated rings. The average Bonchev–Trinajstić information content (AvgIpc) is 2.45. The Hall–Kier alpha value is -1.02. The van der Waals surface area contributed by atoms with Gasteiger partial charge in [-0.15, -0.1) is 0 Å². The van der Waals surface area contributed by atoms with Crippen molar-refractivity contribution in [2.24, 2.45) is 0 Å². The van der Waals surface area contributed by atoms with Gasteiger partial charge in [-0.3, -0.25) is 9.10 Å². The normalized spacial score (nSPS) is 11.6. The van der Waals surface area contributed by atoms with E-state index in [1.165, 1.54) is 12.1 Å². The zero-order valence-electron chi connectivity index (χ0n) is 13.9. The molecule has 0 bridgehead atoms. The molecule has 6 nitrogen and oxygen atoms in total. The number of nitrogens with zero attached hydrogens (tertiary/aromatic N) is 1. The summed E-state index contributed by atoms with van der Waals surface area (Å²) in [6, 6.07) is 4.44.